The summed E-state index contributed by atoms with van der Waals surface area (Å²) < 4.78 is 0. The summed E-state index contributed by atoms with van der Waals surface area (Å²) in [6.45, 7) is 4.55. The summed E-state index contributed by atoms with van der Waals surface area (Å²) in [6, 6.07) is 41.1. The first kappa shape index (κ1) is 57.0. The number of nitrogens with one attached hydrogen (secondary N) is 7. The van der Waals surface area contributed by atoms with Gasteiger partial charge in [0.15, 0.2) is 10.2 Å². The van der Waals surface area contributed by atoms with Gasteiger partial charge >= 0.3 is 0 Å². The minimum atomic E-state index is -1.01. The zero-order valence-corrected chi connectivity index (χ0v) is 47.0. The minimum absolute atomic E-state index is 0.0719. The Kier molecular flexibility index (Phi) is 18.9. The second kappa shape index (κ2) is 26.5. The smallest absolute Gasteiger partial charge is 0.247 e. The maximum absolute atomic E-state index is 14.8. The van der Waals surface area contributed by atoms with Crippen molar-refractivity contribution in [3.8, 4) is 0 Å². The van der Waals surface area contributed by atoms with Gasteiger partial charge in [0, 0.05) is 56.1 Å². The van der Waals surface area contributed by atoms with Gasteiger partial charge in [-0.2, -0.15) is 0 Å². The molecule has 7 atom stereocenters. The predicted molar refractivity (Wildman–Crippen MR) is 317 cm³/mol. The monoisotopic (exact) mass is 1120 g/mol. The van der Waals surface area contributed by atoms with E-state index in [1.54, 1.807) is 30.7 Å². The molecule has 418 valence electrons. The number of anilines is 2. The quantitative estimate of drug-likeness (QED) is 0.0603. The van der Waals surface area contributed by atoms with Crippen LogP contribution in [0.3, 0.4) is 0 Å². The molecule has 4 saturated heterocycles. The SMILES string of the molecule is CCC(=O)NC1CN(C(=S)Nc2ccc(NC(=S)N3CCC4CCC(C(=O)NC(c5ccccc5)c5ccccc5)N4C(=O)C(NC(=O)C(C)NC)C3)cc2)CCC2CCC(C(=O)NC(c3ccccc3)c3ccccc3)N2C1=O. The normalized spacial score (nSPS) is 21.5. The fourth-order valence-corrected chi connectivity index (χ4v) is 12.0. The van der Waals surface area contributed by atoms with E-state index in [0.29, 0.717) is 73.2 Å². The number of nitrogens with zero attached hydrogens (tertiary/aromatic N) is 4. The molecule has 0 bridgehead atoms. The van der Waals surface area contributed by atoms with Gasteiger partial charge in [0.25, 0.3) is 0 Å². The number of rotatable bonds is 15. The Morgan fingerprint density at radius 3 is 1.24 bits per heavy atom. The highest BCUT2D eigenvalue weighted by Gasteiger charge is 2.47. The molecular formula is C61H71N11O6S2. The van der Waals surface area contributed by atoms with Gasteiger partial charge in [-0.05, 0) is 123 Å². The molecule has 0 radical (unpaired) electrons. The number of carbonyl (C=O) groups is 6. The van der Waals surface area contributed by atoms with Crippen LogP contribution in [0.2, 0.25) is 0 Å². The van der Waals surface area contributed by atoms with Crippen LogP contribution in [0.25, 0.3) is 0 Å². The van der Waals surface area contributed by atoms with E-state index in [4.69, 9.17) is 24.4 Å². The van der Waals surface area contributed by atoms with Crippen LogP contribution in [0.5, 0.6) is 0 Å². The Bertz CT molecular complexity index is 2920. The molecule has 7 N–H and O–H groups in total. The standard InChI is InChI=1S/C61H71N11O6S2/c1-4-52(73)65-48-37-69(35-33-46-29-31-50(71(46)58(48)77)56(75)67-53(40-17-9-5-10-18-40)41-19-11-6-12-20-41)60(79)63-44-25-27-45(28-26-44)64-61(80)70-36-34-47-30-32-51(72(47)59(78)49(38-70)66-55(74)39(2)62-3)57(76)68-54(42-21-13-7-14-22-42)43-23-15-8-16-24-43/h5-28,39,46-51,53-54,62H,4,29-38H2,1-3H3,(H,63,79)(H,64,80)(H,65,73)(H,66,74)(H,67,75)(H,68,76). The molecule has 6 amide bonds. The Hall–Kier alpha value is -7.74. The number of benzene rings is 5. The second-order valence-corrected chi connectivity index (χ2v) is 21.7. The molecule has 7 unspecified atom stereocenters. The van der Waals surface area contributed by atoms with Crippen molar-refractivity contribution in [3.05, 3.63) is 168 Å². The Morgan fingerprint density at radius 2 is 0.887 bits per heavy atom. The molecule has 0 spiro atoms. The van der Waals surface area contributed by atoms with Gasteiger partial charge < -0.3 is 56.8 Å². The van der Waals surface area contributed by atoms with Crippen LogP contribution in [-0.2, 0) is 28.8 Å². The van der Waals surface area contributed by atoms with Crippen LogP contribution in [0, 0.1) is 0 Å². The average Bonchev–Trinajstić information content (AvgIpc) is 4.16. The highest BCUT2D eigenvalue weighted by molar-refractivity contribution is 7.80. The summed E-state index contributed by atoms with van der Waals surface area (Å²) >= 11 is 12.0. The van der Waals surface area contributed by atoms with Gasteiger partial charge in [-0.25, -0.2) is 0 Å². The first-order valence-electron chi connectivity index (χ1n) is 27.7. The molecule has 0 saturated carbocycles. The maximum atomic E-state index is 14.8. The minimum Gasteiger partial charge on any atom is -0.346 e. The highest BCUT2D eigenvalue weighted by atomic mass is 32.1. The van der Waals surface area contributed by atoms with E-state index in [2.05, 4.69) is 37.2 Å². The van der Waals surface area contributed by atoms with E-state index < -0.39 is 42.3 Å². The van der Waals surface area contributed by atoms with Crippen molar-refractivity contribution in [1.82, 2.24) is 46.2 Å². The summed E-state index contributed by atoms with van der Waals surface area (Å²) in [7, 11) is 1.68. The molecule has 17 nitrogen and oxygen atoms in total. The summed E-state index contributed by atoms with van der Waals surface area (Å²) in [5.74, 6) is -1.80. The fourth-order valence-electron chi connectivity index (χ4n) is 11.4. The van der Waals surface area contributed by atoms with E-state index >= 15 is 0 Å². The summed E-state index contributed by atoms with van der Waals surface area (Å²) in [6.07, 6.45) is 3.46. The molecule has 80 heavy (non-hydrogen) atoms. The van der Waals surface area contributed by atoms with Crippen molar-refractivity contribution < 1.29 is 28.8 Å². The number of hydrogen-bond acceptors (Lipinski definition) is 9. The number of amides is 6. The summed E-state index contributed by atoms with van der Waals surface area (Å²) in [4.78, 5) is 91.8. The predicted octanol–water partition coefficient (Wildman–Crippen LogP) is 6.01. The molecule has 0 aromatic heterocycles. The van der Waals surface area contributed by atoms with Gasteiger partial charge in [-0.15, -0.1) is 0 Å². The van der Waals surface area contributed by atoms with Gasteiger partial charge in [-0.1, -0.05) is 128 Å². The largest absolute Gasteiger partial charge is 0.346 e. The zero-order valence-electron chi connectivity index (χ0n) is 45.4. The third-order valence-corrected chi connectivity index (χ3v) is 16.6. The van der Waals surface area contributed by atoms with Crippen LogP contribution in [0.4, 0.5) is 11.4 Å². The molecule has 5 aromatic carbocycles. The summed E-state index contributed by atoms with van der Waals surface area (Å²) in [5.41, 5.74) is 5.05. The molecule has 4 fully saturated rings. The first-order chi connectivity index (χ1) is 38.8. The molecule has 0 aliphatic carbocycles. The maximum Gasteiger partial charge on any atom is 0.247 e. The molecule has 4 heterocycles. The zero-order chi connectivity index (χ0) is 56.3. The van der Waals surface area contributed by atoms with Crippen molar-refractivity contribution in [3.63, 3.8) is 0 Å². The number of fused-ring (bicyclic) bond motifs is 2. The van der Waals surface area contributed by atoms with Crippen molar-refractivity contribution in [1.29, 1.82) is 0 Å². The molecule has 4 aliphatic heterocycles. The first-order valence-corrected chi connectivity index (χ1v) is 28.6. The van der Waals surface area contributed by atoms with Crippen LogP contribution in [0.1, 0.15) is 93.1 Å². The highest BCUT2D eigenvalue weighted by Crippen LogP contribution is 2.34. The number of likely N-dealkylation sites (N-methyl/N-ethyl adjacent to an activating group) is 1. The lowest BCUT2D eigenvalue weighted by Gasteiger charge is -2.40. The number of carbonyl (C=O) groups excluding carboxylic acids is 6. The van der Waals surface area contributed by atoms with Crippen LogP contribution >= 0.6 is 24.4 Å². The third-order valence-electron chi connectivity index (χ3n) is 15.9. The molecule has 5 aromatic rings. The fraction of sp³-hybridized carbons (Fsp3) is 0.377. The van der Waals surface area contributed by atoms with Crippen LogP contribution in [-0.4, -0.2) is 141 Å². The van der Waals surface area contributed by atoms with E-state index in [9.17, 15) is 28.8 Å². The lowest BCUT2D eigenvalue weighted by atomic mass is 9.98. The Labute approximate surface area is 479 Å². The van der Waals surface area contributed by atoms with Crippen molar-refractivity contribution >= 4 is 81.5 Å². The Morgan fingerprint density at radius 1 is 0.525 bits per heavy atom. The van der Waals surface area contributed by atoms with Crippen LogP contribution in [0.15, 0.2) is 146 Å². The average molecular weight is 1120 g/mol. The molecule has 9 rings (SSSR count). The number of thiocarbonyl (C=S) groups is 2. The second-order valence-electron chi connectivity index (χ2n) is 21.0. The number of hydrogen-bond donors (Lipinski definition) is 7. The van der Waals surface area contributed by atoms with Crippen molar-refractivity contribution in [2.75, 3.05) is 43.9 Å². The third kappa shape index (κ3) is 13.5. The van der Waals surface area contributed by atoms with E-state index in [1.165, 1.54) is 0 Å². The van der Waals surface area contributed by atoms with E-state index in [1.807, 2.05) is 155 Å². The van der Waals surface area contributed by atoms with Crippen molar-refractivity contribution in [2.45, 2.75) is 113 Å². The van der Waals surface area contributed by atoms with Gasteiger partial charge in [-0.3, -0.25) is 28.8 Å². The van der Waals surface area contributed by atoms with E-state index in [-0.39, 0.29) is 67.0 Å². The summed E-state index contributed by atoms with van der Waals surface area (Å²) in [5, 5.41) is 22.8. The van der Waals surface area contributed by atoms with Crippen LogP contribution < -0.4 is 37.2 Å². The lowest BCUT2D eigenvalue weighted by Crippen LogP contribution is -2.62. The topological polar surface area (TPSA) is 200 Å². The van der Waals surface area contributed by atoms with Crippen molar-refractivity contribution in [2.24, 2.45) is 0 Å². The van der Waals surface area contributed by atoms with E-state index in [0.717, 1.165) is 22.3 Å². The molecule has 19 heteroatoms. The lowest BCUT2D eigenvalue weighted by molar-refractivity contribution is -0.144. The van der Waals surface area contributed by atoms with Gasteiger partial charge in [0.05, 0.1) is 18.1 Å². The Balaban J connectivity index is 0.844. The van der Waals surface area contributed by atoms with Gasteiger partial charge in [0.2, 0.25) is 35.4 Å². The molecular weight excluding hydrogens is 1050 g/mol. The van der Waals surface area contributed by atoms with Gasteiger partial charge in [0.1, 0.15) is 24.2 Å². The molecule has 4 aliphatic rings.